The number of carbonyl (C=O) groups is 1. The highest BCUT2D eigenvalue weighted by atomic mass is 35.5. The molecule has 1 heterocycles. The Morgan fingerprint density at radius 3 is 2.66 bits per heavy atom. The zero-order chi connectivity index (χ0) is 21.2. The summed E-state index contributed by atoms with van der Waals surface area (Å²) >= 11 is 5.80. The minimum absolute atomic E-state index is 0.0595. The van der Waals surface area contributed by atoms with E-state index in [9.17, 15) is 22.0 Å². The Labute approximate surface area is 171 Å². The standard InChI is InChI=1S/C18H17ClF2N2O5S/c1-27-16-3-2-12(29(25,26)23-11-4-5-28-9-11)8-13(16)18(24)22-17-14(19)6-10(20)7-15(17)21/h2-3,6-8,11,23H,4-5,9H2,1H3,(H,22,24)/t11-/m0/s1. The Hall–Kier alpha value is -2.27. The maximum atomic E-state index is 14.0. The van der Waals surface area contributed by atoms with Crippen molar-refractivity contribution in [3.8, 4) is 5.75 Å². The van der Waals surface area contributed by atoms with E-state index in [1.807, 2.05) is 0 Å². The van der Waals surface area contributed by atoms with E-state index in [0.29, 0.717) is 19.1 Å². The number of carbonyl (C=O) groups excluding carboxylic acids is 1. The topological polar surface area (TPSA) is 93.7 Å². The fourth-order valence-corrected chi connectivity index (χ4v) is 4.31. The van der Waals surface area contributed by atoms with Crippen molar-refractivity contribution in [3.63, 3.8) is 0 Å². The first-order valence-electron chi connectivity index (χ1n) is 8.45. The van der Waals surface area contributed by atoms with Crippen LogP contribution in [-0.2, 0) is 14.8 Å². The highest BCUT2D eigenvalue weighted by Gasteiger charge is 2.26. The van der Waals surface area contributed by atoms with Gasteiger partial charge in [-0.05, 0) is 30.7 Å². The number of benzene rings is 2. The fourth-order valence-electron chi connectivity index (χ4n) is 2.79. The molecule has 0 aromatic heterocycles. The van der Waals surface area contributed by atoms with Crippen molar-refractivity contribution >= 4 is 33.2 Å². The van der Waals surface area contributed by atoms with Crippen molar-refractivity contribution in [1.82, 2.24) is 4.72 Å². The van der Waals surface area contributed by atoms with Crippen LogP contribution in [0.25, 0.3) is 0 Å². The average Bonchev–Trinajstić information content (AvgIpc) is 3.16. The number of halogens is 3. The Morgan fingerprint density at radius 1 is 1.28 bits per heavy atom. The van der Waals surface area contributed by atoms with E-state index in [1.165, 1.54) is 19.2 Å². The van der Waals surface area contributed by atoms with Crippen molar-refractivity contribution in [2.75, 3.05) is 25.6 Å². The molecule has 1 atom stereocenters. The molecule has 3 rings (SSSR count). The van der Waals surface area contributed by atoms with Gasteiger partial charge in [-0.25, -0.2) is 21.9 Å². The summed E-state index contributed by atoms with van der Waals surface area (Å²) in [4.78, 5) is 12.5. The molecule has 0 unspecified atom stereocenters. The van der Waals surface area contributed by atoms with E-state index in [-0.39, 0.29) is 33.9 Å². The Morgan fingerprint density at radius 2 is 2.03 bits per heavy atom. The summed E-state index contributed by atoms with van der Waals surface area (Å²) in [6.07, 6.45) is 0.533. The Balaban J connectivity index is 1.92. The van der Waals surface area contributed by atoms with Gasteiger partial charge in [-0.2, -0.15) is 0 Å². The molecule has 11 heteroatoms. The molecule has 1 saturated heterocycles. The van der Waals surface area contributed by atoms with Crippen LogP contribution in [0, 0.1) is 11.6 Å². The van der Waals surface area contributed by atoms with Gasteiger partial charge < -0.3 is 14.8 Å². The van der Waals surface area contributed by atoms with E-state index in [2.05, 4.69) is 10.0 Å². The van der Waals surface area contributed by atoms with Gasteiger partial charge in [0.2, 0.25) is 10.0 Å². The molecule has 2 aromatic carbocycles. The number of methoxy groups -OCH3 is 1. The molecule has 0 spiro atoms. The molecule has 7 nitrogen and oxygen atoms in total. The molecule has 1 aliphatic rings. The summed E-state index contributed by atoms with van der Waals surface area (Å²) in [5, 5.41) is 1.87. The first kappa shape index (κ1) is 21.4. The number of sulfonamides is 1. The summed E-state index contributed by atoms with van der Waals surface area (Å²) in [5.74, 6) is -2.80. The van der Waals surface area contributed by atoms with Crippen molar-refractivity contribution in [3.05, 3.63) is 52.6 Å². The maximum Gasteiger partial charge on any atom is 0.259 e. The van der Waals surface area contributed by atoms with E-state index in [0.717, 1.165) is 12.1 Å². The number of hydrogen-bond donors (Lipinski definition) is 2. The number of amides is 1. The van der Waals surface area contributed by atoms with E-state index in [4.69, 9.17) is 21.1 Å². The smallest absolute Gasteiger partial charge is 0.259 e. The lowest BCUT2D eigenvalue weighted by molar-refractivity contribution is 0.102. The molecule has 0 aliphatic carbocycles. The fraction of sp³-hybridized carbons (Fsp3) is 0.278. The van der Waals surface area contributed by atoms with E-state index < -0.39 is 33.3 Å². The van der Waals surface area contributed by atoms with Crippen LogP contribution in [0.2, 0.25) is 5.02 Å². The van der Waals surface area contributed by atoms with Gasteiger partial charge in [-0.3, -0.25) is 4.79 Å². The molecule has 1 fully saturated rings. The Bertz CT molecular complexity index is 1020. The summed E-state index contributed by atoms with van der Waals surface area (Å²) in [7, 11) is -2.64. The first-order valence-corrected chi connectivity index (χ1v) is 10.3. The highest BCUT2D eigenvalue weighted by Crippen LogP contribution is 2.29. The largest absolute Gasteiger partial charge is 0.496 e. The van der Waals surface area contributed by atoms with Gasteiger partial charge in [0, 0.05) is 18.7 Å². The molecule has 1 amide bonds. The maximum absolute atomic E-state index is 14.0. The van der Waals surface area contributed by atoms with Crippen LogP contribution in [0.4, 0.5) is 14.5 Å². The lowest BCUT2D eigenvalue weighted by atomic mass is 10.1. The molecular formula is C18H17ClF2N2O5S. The molecule has 2 aromatic rings. The van der Waals surface area contributed by atoms with Crippen LogP contribution >= 0.6 is 11.6 Å². The lowest BCUT2D eigenvalue weighted by Crippen LogP contribution is -2.35. The molecular weight excluding hydrogens is 430 g/mol. The molecule has 0 radical (unpaired) electrons. The number of nitrogens with one attached hydrogen (secondary N) is 2. The molecule has 2 N–H and O–H groups in total. The normalized spacial score (nSPS) is 16.6. The lowest BCUT2D eigenvalue weighted by Gasteiger charge is -2.15. The van der Waals surface area contributed by atoms with Crippen molar-refractivity contribution in [2.24, 2.45) is 0 Å². The number of ether oxygens (including phenoxy) is 2. The second-order valence-electron chi connectivity index (χ2n) is 6.24. The summed E-state index contributed by atoms with van der Waals surface area (Å²) in [5.41, 5.74) is -0.604. The van der Waals surface area contributed by atoms with Gasteiger partial charge in [0.05, 0.1) is 34.9 Å². The zero-order valence-electron chi connectivity index (χ0n) is 15.2. The van der Waals surface area contributed by atoms with E-state index >= 15 is 0 Å². The number of rotatable bonds is 6. The monoisotopic (exact) mass is 446 g/mol. The second kappa shape index (κ2) is 8.62. The third-order valence-electron chi connectivity index (χ3n) is 4.22. The van der Waals surface area contributed by atoms with Crippen molar-refractivity contribution in [1.29, 1.82) is 0 Å². The average molecular weight is 447 g/mol. The van der Waals surface area contributed by atoms with Gasteiger partial charge in [-0.15, -0.1) is 0 Å². The SMILES string of the molecule is COc1ccc(S(=O)(=O)N[C@H]2CCOC2)cc1C(=O)Nc1c(F)cc(F)cc1Cl. The molecule has 1 aliphatic heterocycles. The van der Waals surface area contributed by atoms with Crippen LogP contribution in [0.5, 0.6) is 5.75 Å². The van der Waals surface area contributed by atoms with Gasteiger partial charge >= 0.3 is 0 Å². The van der Waals surface area contributed by atoms with Crippen LogP contribution in [0.1, 0.15) is 16.8 Å². The molecule has 0 saturated carbocycles. The predicted octanol–water partition coefficient (Wildman–Crippen LogP) is 2.95. The molecule has 0 bridgehead atoms. The highest BCUT2D eigenvalue weighted by molar-refractivity contribution is 7.89. The first-order chi connectivity index (χ1) is 13.7. The minimum atomic E-state index is -3.93. The second-order valence-corrected chi connectivity index (χ2v) is 8.36. The molecule has 156 valence electrons. The van der Waals surface area contributed by atoms with Gasteiger partial charge in [0.1, 0.15) is 11.6 Å². The van der Waals surface area contributed by atoms with Crippen LogP contribution in [-0.4, -0.2) is 40.7 Å². The van der Waals surface area contributed by atoms with Crippen molar-refractivity contribution in [2.45, 2.75) is 17.4 Å². The number of hydrogen-bond acceptors (Lipinski definition) is 5. The molecule has 29 heavy (non-hydrogen) atoms. The third kappa shape index (κ3) is 4.84. The predicted molar refractivity (Wildman–Crippen MR) is 102 cm³/mol. The van der Waals surface area contributed by atoms with E-state index in [1.54, 1.807) is 0 Å². The zero-order valence-corrected chi connectivity index (χ0v) is 16.7. The minimum Gasteiger partial charge on any atom is -0.496 e. The summed E-state index contributed by atoms with van der Waals surface area (Å²) in [6.45, 7) is 0.707. The summed E-state index contributed by atoms with van der Waals surface area (Å²) < 4.78 is 65.1. The quantitative estimate of drug-likeness (QED) is 0.711. The summed E-state index contributed by atoms with van der Waals surface area (Å²) in [6, 6.07) is 4.71. The third-order valence-corrected chi connectivity index (χ3v) is 6.04. The van der Waals surface area contributed by atoms with Crippen LogP contribution in [0.15, 0.2) is 35.2 Å². The number of anilines is 1. The van der Waals surface area contributed by atoms with Gasteiger partial charge in [-0.1, -0.05) is 11.6 Å². The van der Waals surface area contributed by atoms with Gasteiger partial charge in [0.15, 0.2) is 5.82 Å². The Kier molecular flexibility index (Phi) is 6.37. The van der Waals surface area contributed by atoms with Gasteiger partial charge in [0.25, 0.3) is 5.91 Å². The van der Waals surface area contributed by atoms with Crippen LogP contribution in [0.3, 0.4) is 0 Å². The van der Waals surface area contributed by atoms with Crippen LogP contribution < -0.4 is 14.8 Å². The van der Waals surface area contributed by atoms with Crippen molar-refractivity contribution < 1.29 is 31.5 Å².